The number of piperazine rings is 1. The second kappa shape index (κ2) is 16.5. The van der Waals surface area contributed by atoms with Crippen molar-refractivity contribution in [3.05, 3.63) is 71.5 Å². The molecule has 1 atom stereocenters. The summed E-state index contributed by atoms with van der Waals surface area (Å²) >= 11 is 1.70. The topological polar surface area (TPSA) is 71.3 Å². The molecule has 2 heterocycles. The average molecular weight is 590 g/mol. The van der Waals surface area contributed by atoms with Gasteiger partial charge in [0.05, 0.1) is 0 Å². The average Bonchev–Trinajstić information content (AvgIpc) is 3.39. The van der Waals surface area contributed by atoms with Gasteiger partial charge in [-0.2, -0.15) is 0 Å². The van der Waals surface area contributed by atoms with E-state index in [-0.39, 0.29) is 17.9 Å². The van der Waals surface area contributed by atoms with Crippen LogP contribution in [0.25, 0.3) is 5.69 Å². The molecule has 0 bridgehead atoms. The summed E-state index contributed by atoms with van der Waals surface area (Å²) in [5, 5.41) is 9.99. The Kier molecular flexibility index (Phi) is 12.5. The normalized spacial score (nSPS) is 15.3. The van der Waals surface area contributed by atoms with Crippen molar-refractivity contribution in [3.8, 4) is 5.69 Å². The van der Waals surface area contributed by atoms with Crippen molar-refractivity contribution in [1.29, 1.82) is 0 Å². The highest BCUT2D eigenvalue weighted by Crippen LogP contribution is 2.25. The molecule has 1 saturated heterocycles. The standard InChI is InChI=1S/C34H47N5O2S/c1-4-5-6-7-11-17-33(41)38-23-22-37(26-28(38)3)32(40)16-12-13-24-42-34-36-35-31(25-29-14-9-8-10-15-29)39(34)30-20-18-27(2)19-21-30/h8-10,14-15,18-21,28H,4-7,11-13,16-17,22-26H2,1-3H3. The van der Waals surface area contributed by atoms with Gasteiger partial charge < -0.3 is 9.80 Å². The van der Waals surface area contributed by atoms with Crippen molar-refractivity contribution in [3.63, 3.8) is 0 Å². The third-order valence-electron chi connectivity index (χ3n) is 8.01. The van der Waals surface area contributed by atoms with E-state index in [9.17, 15) is 9.59 Å². The van der Waals surface area contributed by atoms with Crippen LogP contribution in [0.4, 0.5) is 0 Å². The van der Waals surface area contributed by atoms with Crippen molar-refractivity contribution >= 4 is 23.6 Å². The summed E-state index contributed by atoms with van der Waals surface area (Å²) in [4.78, 5) is 29.6. The maximum atomic E-state index is 13.0. The summed E-state index contributed by atoms with van der Waals surface area (Å²) in [6, 6.07) is 18.9. The Bertz CT molecular complexity index is 1260. The number of amides is 2. The van der Waals surface area contributed by atoms with Crippen LogP contribution in [0.3, 0.4) is 0 Å². The lowest BCUT2D eigenvalue weighted by molar-refractivity contribution is -0.142. The van der Waals surface area contributed by atoms with Crippen LogP contribution in [0.15, 0.2) is 59.8 Å². The van der Waals surface area contributed by atoms with Crippen molar-refractivity contribution in [1.82, 2.24) is 24.6 Å². The Labute approximate surface area is 256 Å². The Morgan fingerprint density at radius 1 is 0.857 bits per heavy atom. The summed E-state index contributed by atoms with van der Waals surface area (Å²) < 4.78 is 2.16. The first kappa shape index (κ1) is 31.8. The number of unbranched alkanes of at least 4 members (excludes halogenated alkanes) is 5. The third kappa shape index (κ3) is 9.18. The van der Waals surface area contributed by atoms with Gasteiger partial charge in [-0.3, -0.25) is 14.2 Å². The van der Waals surface area contributed by atoms with Gasteiger partial charge in [0.15, 0.2) is 5.16 Å². The second-order valence-corrected chi connectivity index (χ2v) is 12.5. The van der Waals surface area contributed by atoms with E-state index in [0.717, 1.165) is 48.1 Å². The van der Waals surface area contributed by atoms with Crippen molar-refractivity contribution in [2.45, 2.75) is 96.2 Å². The van der Waals surface area contributed by atoms with E-state index in [1.54, 1.807) is 11.8 Å². The highest BCUT2D eigenvalue weighted by Gasteiger charge is 2.29. The number of aromatic nitrogens is 3. The summed E-state index contributed by atoms with van der Waals surface area (Å²) in [5.41, 5.74) is 3.49. The van der Waals surface area contributed by atoms with E-state index in [1.807, 2.05) is 15.9 Å². The quantitative estimate of drug-likeness (QED) is 0.143. The molecule has 42 heavy (non-hydrogen) atoms. The minimum absolute atomic E-state index is 0.0830. The summed E-state index contributed by atoms with van der Waals surface area (Å²) in [6.45, 7) is 8.30. The molecule has 226 valence electrons. The fourth-order valence-electron chi connectivity index (χ4n) is 5.52. The molecule has 1 fully saturated rings. The predicted octanol–water partition coefficient (Wildman–Crippen LogP) is 6.85. The molecule has 3 aromatic rings. The molecular weight excluding hydrogens is 542 g/mol. The molecule has 1 unspecified atom stereocenters. The van der Waals surface area contributed by atoms with Gasteiger partial charge in [0, 0.05) is 56.4 Å². The Balaban J connectivity index is 1.23. The molecule has 1 aliphatic rings. The number of hydrogen-bond acceptors (Lipinski definition) is 5. The number of aryl methyl sites for hydroxylation is 1. The van der Waals surface area contributed by atoms with Crippen LogP contribution in [0.1, 0.15) is 88.6 Å². The monoisotopic (exact) mass is 589 g/mol. The van der Waals surface area contributed by atoms with Gasteiger partial charge in [0.25, 0.3) is 0 Å². The molecule has 8 heteroatoms. The Hall–Kier alpha value is -3.13. The first-order valence-electron chi connectivity index (χ1n) is 15.7. The van der Waals surface area contributed by atoms with Crippen molar-refractivity contribution < 1.29 is 9.59 Å². The van der Waals surface area contributed by atoms with E-state index in [1.165, 1.54) is 30.4 Å². The first-order chi connectivity index (χ1) is 20.5. The number of carbonyl (C=O) groups is 2. The van der Waals surface area contributed by atoms with Crippen molar-refractivity contribution in [2.24, 2.45) is 0 Å². The Morgan fingerprint density at radius 2 is 1.57 bits per heavy atom. The smallest absolute Gasteiger partial charge is 0.222 e. The SMILES string of the molecule is CCCCCCCC(=O)N1CCN(C(=O)CCCCSc2nnc(Cc3ccccc3)n2-c2ccc(C)cc2)CC1C. The summed E-state index contributed by atoms with van der Waals surface area (Å²) in [7, 11) is 0. The molecule has 0 N–H and O–H groups in total. The molecule has 4 rings (SSSR count). The molecule has 1 aromatic heterocycles. The first-order valence-corrected chi connectivity index (χ1v) is 16.7. The molecule has 2 aromatic carbocycles. The van der Waals surface area contributed by atoms with Gasteiger partial charge in [0.2, 0.25) is 11.8 Å². The van der Waals surface area contributed by atoms with Crippen LogP contribution in [-0.2, 0) is 16.0 Å². The second-order valence-electron chi connectivity index (χ2n) is 11.5. The van der Waals surface area contributed by atoms with Crippen LogP contribution < -0.4 is 0 Å². The van der Waals surface area contributed by atoms with E-state index in [4.69, 9.17) is 0 Å². The summed E-state index contributed by atoms with van der Waals surface area (Å²) in [5.74, 6) is 2.24. The van der Waals surface area contributed by atoms with E-state index in [0.29, 0.717) is 38.9 Å². The van der Waals surface area contributed by atoms with Gasteiger partial charge in [-0.05, 0) is 50.8 Å². The number of rotatable bonds is 15. The number of nitrogens with zero attached hydrogens (tertiary/aromatic N) is 5. The summed E-state index contributed by atoms with van der Waals surface area (Å²) in [6.07, 6.45) is 9.43. The van der Waals surface area contributed by atoms with E-state index < -0.39 is 0 Å². The molecule has 0 radical (unpaired) electrons. The molecular formula is C34H47N5O2S. The largest absolute Gasteiger partial charge is 0.339 e. The molecule has 7 nitrogen and oxygen atoms in total. The van der Waals surface area contributed by atoms with Gasteiger partial charge >= 0.3 is 0 Å². The molecule has 0 saturated carbocycles. The number of hydrogen-bond donors (Lipinski definition) is 0. The number of carbonyl (C=O) groups excluding carboxylic acids is 2. The fourth-order valence-corrected chi connectivity index (χ4v) is 6.49. The minimum atomic E-state index is 0.0830. The van der Waals surface area contributed by atoms with Crippen molar-refractivity contribution in [2.75, 3.05) is 25.4 Å². The predicted molar refractivity (Wildman–Crippen MR) is 171 cm³/mol. The zero-order valence-electron chi connectivity index (χ0n) is 25.6. The maximum absolute atomic E-state index is 13.0. The zero-order chi connectivity index (χ0) is 29.7. The molecule has 0 spiro atoms. The maximum Gasteiger partial charge on any atom is 0.222 e. The van der Waals surface area contributed by atoms with Crippen LogP contribution in [0.2, 0.25) is 0 Å². The third-order valence-corrected chi connectivity index (χ3v) is 9.02. The fraction of sp³-hybridized carbons (Fsp3) is 0.529. The lowest BCUT2D eigenvalue weighted by Gasteiger charge is -2.40. The molecule has 1 aliphatic heterocycles. The van der Waals surface area contributed by atoms with Crippen LogP contribution in [-0.4, -0.2) is 67.8 Å². The van der Waals surface area contributed by atoms with Crippen LogP contribution in [0, 0.1) is 6.92 Å². The Morgan fingerprint density at radius 3 is 2.31 bits per heavy atom. The van der Waals surface area contributed by atoms with Gasteiger partial charge in [-0.25, -0.2) is 0 Å². The zero-order valence-corrected chi connectivity index (χ0v) is 26.5. The highest BCUT2D eigenvalue weighted by molar-refractivity contribution is 7.99. The van der Waals surface area contributed by atoms with Crippen LogP contribution in [0.5, 0.6) is 0 Å². The number of thioether (sulfide) groups is 1. The van der Waals surface area contributed by atoms with Gasteiger partial charge in [-0.15, -0.1) is 10.2 Å². The van der Waals surface area contributed by atoms with Gasteiger partial charge in [0.1, 0.15) is 5.82 Å². The molecule has 2 amide bonds. The van der Waals surface area contributed by atoms with E-state index >= 15 is 0 Å². The van der Waals surface area contributed by atoms with Crippen LogP contribution >= 0.6 is 11.8 Å². The minimum Gasteiger partial charge on any atom is -0.339 e. The number of benzene rings is 2. The highest BCUT2D eigenvalue weighted by atomic mass is 32.2. The lowest BCUT2D eigenvalue weighted by Crippen LogP contribution is -2.55. The molecule has 0 aliphatic carbocycles. The lowest BCUT2D eigenvalue weighted by atomic mass is 10.1. The van der Waals surface area contributed by atoms with E-state index in [2.05, 4.69) is 84.1 Å². The van der Waals surface area contributed by atoms with Gasteiger partial charge in [-0.1, -0.05) is 92.4 Å².